The molecule has 23 heavy (non-hydrogen) atoms. The first-order valence-electron chi connectivity index (χ1n) is 7.87. The van der Waals surface area contributed by atoms with E-state index >= 15 is 0 Å². The molecule has 0 unspecified atom stereocenters. The highest BCUT2D eigenvalue weighted by molar-refractivity contribution is 5.82. The molecule has 6 nitrogen and oxygen atoms in total. The van der Waals surface area contributed by atoms with Crippen LogP contribution in [0.1, 0.15) is 18.4 Å². The van der Waals surface area contributed by atoms with Crippen LogP contribution in [-0.4, -0.2) is 54.4 Å². The number of piperazine rings is 1. The summed E-state index contributed by atoms with van der Waals surface area (Å²) >= 11 is 0. The van der Waals surface area contributed by atoms with Gasteiger partial charge in [-0.25, -0.2) is 0 Å². The molecular formula is C17H19N3O3. The number of nitriles is 1. The maximum absolute atomic E-state index is 12.2. The fourth-order valence-corrected chi connectivity index (χ4v) is 2.68. The Morgan fingerprint density at radius 1 is 1.13 bits per heavy atom. The molecule has 3 rings (SSSR count). The molecule has 0 radical (unpaired) electrons. The monoisotopic (exact) mass is 313 g/mol. The van der Waals surface area contributed by atoms with E-state index in [2.05, 4.69) is 0 Å². The van der Waals surface area contributed by atoms with Crippen LogP contribution in [0.2, 0.25) is 0 Å². The predicted molar refractivity (Wildman–Crippen MR) is 82.5 cm³/mol. The van der Waals surface area contributed by atoms with Gasteiger partial charge in [0.05, 0.1) is 5.56 Å². The van der Waals surface area contributed by atoms with Crippen LogP contribution in [-0.2, 0) is 9.59 Å². The van der Waals surface area contributed by atoms with E-state index in [4.69, 9.17) is 10.00 Å². The van der Waals surface area contributed by atoms with E-state index in [-0.39, 0.29) is 24.3 Å². The average molecular weight is 313 g/mol. The van der Waals surface area contributed by atoms with Crippen LogP contribution in [0.4, 0.5) is 0 Å². The minimum Gasteiger partial charge on any atom is -0.482 e. The summed E-state index contributed by atoms with van der Waals surface area (Å²) in [6.07, 6.45) is 2.01. The molecule has 1 aliphatic heterocycles. The summed E-state index contributed by atoms with van der Waals surface area (Å²) in [6, 6.07) is 8.89. The summed E-state index contributed by atoms with van der Waals surface area (Å²) in [5, 5.41) is 9.00. The number of para-hydroxylation sites is 1. The first-order chi connectivity index (χ1) is 11.2. The van der Waals surface area contributed by atoms with Gasteiger partial charge in [-0.2, -0.15) is 5.26 Å². The Labute approximate surface area is 135 Å². The molecule has 0 atom stereocenters. The summed E-state index contributed by atoms with van der Waals surface area (Å²) in [5.74, 6) is 0.765. The van der Waals surface area contributed by atoms with Crippen molar-refractivity contribution in [1.29, 1.82) is 5.26 Å². The minimum atomic E-state index is -0.115. The molecule has 1 aromatic carbocycles. The summed E-state index contributed by atoms with van der Waals surface area (Å²) in [5.41, 5.74) is 0.417. The number of nitrogens with zero attached hydrogens (tertiary/aromatic N) is 3. The Kier molecular flexibility index (Phi) is 4.47. The van der Waals surface area contributed by atoms with E-state index < -0.39 is 0 Å². The smallest absolute Gasteiger partial charge is 0.260 e. The molecule has 1 heterocycles. The second kappa shape index (κ2) is 6.69. The predicted octanol–water partition coefficient (Wildman–Crippen LogP) is 1.02. The lowest BCUT2D eigenvalue weighted by Gasteiger charge is -2.34. The second-order valence-corrected chi connectivity index (χ2v) is 5.88. The van der Waals surface area contributed by atoms with Gasteiger partial charge in [-0.15, -0.1) is 0 Å². The first kappa shape index (κ1) is 15.3. The van der Waals surface area contributed by atoms with Crippen molar-refractivity contribution in [3.63, 3.8) is 0 Å². The van der Waals surface area contributed by atoms with Crippen molar-refractivity contribution in [3.05, 3.63) is 29.8 Å². The Balaban J connectivity index is 1.48. The number of rotatable bonds is 4. The molecule has 0 N–H and O–H groups in total. The molecule has 0 spiro atoms. The highest BCUT2D eigenvalue weighted by atomic mass is 16.5. The topological polar surface area (TPSA) is 73.6 Å². The lowest BCUT2D eigenvalue weighted by molar-refractivity contribution is -0.141. The van der Waals surface area contributed by atoms with Crippen LogP contribution in [0.25, 0.3) is 0 Å². The maximum Gasteiger partial charge on any atom is 0.260 e. The molecule has 6 heteroatoms. The van der Waals surface area contributed by atoms with Crippen molar-refractivity contribution >= 4 is 11.8 Å². The number of carbonyl (C=O) groups is 2. The third-order valence-corrected chi connectivity index (χ3v) is 4.23. The van der Waals surface area contributed by atoms with E-state index in [0.29, 0.717) is 37.5 Å². The number of carbonyl (C=O) groups excluding carboxylic acids is 2. The molecule has 2 amide bonds. The molecule has 0 aromatic heterocycles. The molecule has 0 bridgehead atoms. The molecular weight excluding hydrogens is 294 g/mol. The van der Waals surface area contributed by atoms with Gasteiger partial charge in [-0.3, -0.25) is 9.59 Å². The van der Waals surface area contributed by atoms with Crippen molar-refractivity contribution in [2.75, 3.05) is 32.8 Å². The summed E-state index contributed by atoms with van der Waals surface area (Å²) in [6.45, 7) is 2.18. The average Bonchev–Trinajstić information content (AvgIpc) is 3.44. The van der Waals surface area contributed by atoms with Crippen molar-refractivity contribution in [2.24, 2.45) is 5.92 Å². The molecule has 1 saturated heterocycles. The summed E-state index contributed by atoms with van der Waals surface area (Å²) < 4.78 is 5.47. The van der Waals surface area contributed by atoms with Gasteiger partial charge in [0, 0.05) is 32.1 Å². The fourth-order valence-electron chi connectivity index (χ4n) is 2.68. The van der Waals surface area contributed by atoms with Crippen molar-refractivity contribution < 1.29 is 14.3 Å². The van der Waals surface area contributed by atoms with Gasteiger partial charge in [0.2, 0.25) is 5.91 Å². The lowest BCUT2D eigenvalue weighted by Crippen LogP contribution is -2.52. The zero-order chi connectivity index (χ0) is 16.2. The van der Waals surface area contributed by atoms with E-state index in [1.807, 2.05) is 11.0 Å². The third-order valence-electron chi connectivity index (χ3n) is 4.23. The van der Waals surface area contributed by atoms with E-state index in [0.717, 1.165) is 12.8 Å². The maximum atomic E-state index is 12.2. The fraction of sp³-hybridized carbons (Fsp3) is 0.471. The van der Waals surface area contributed by atoms with E-state index in [1.165, 1.54) is 0 Å². The van der Waals surface area contributed by atoms with Gasteiger partial charge in [-0.1, -0.05) is 12.1 Å². The van der Waals surface area contributed by atoms with Gasteiger partial charge < -0.3 is 14.5 Å². The Morgan fingerprint density at radius 3 is 2.43 bits per heavy atom. The quantitative estimate of drug-likeness (QED) is 0.832. The molecule has 1 aromatic rings. The van der Waals surface area contributed by atoms with Crippen molar-refractivity contribution in [2.45, 2.75) is 12.8 Å². The van der Waals surface area contributed by atoms with Gasteiger partial charge in [0.15, 0.2) is 6.61 Å². The molecule has 1 aliphatic carbocycles. The number of ether oxygens (including phenoxy) is 1. The van der Waals surface area contributed by atoms with Crippen LogP contribution in [0, 0.1) is 17.2 Å². The summed E-state index contributed by atoms with van der Waals surface area (Å²) in [7, 11) is 0. The number of hydrogen-bond acceptors (Lipinski definition) is 4. The highest BCUT2D eigenvalue weighted by Crippen LogP contribution is 2.31. The van der Waals surface area contributed by atoms with E-state index in [9.17, 15) is 9.59 Å². The molecule has 1 saturated carbocycles. The van der Waals surface area contributed by atoms with Crippen LogP contribution in [0.15, 0.2) is 24.3 Å². The number of amides is 2. The molecule has 2 fully saturated rings. The number of hydrogen-bond donors (Lipinski definition) is 0. The second-order valence-electron chi connectivity index (χ2n) is 5.88. The van der Waals surface area contributed by atoms with Crippen molar-refractivity contribution in [3.8, 4) is 11.8 Å². The van der Waals surface area contributed by atoms with Gasteiger partial charge >= 0.3 is 0 Å². The van der Waals surface area contributed by atoms with Crippen LogP contribution < -0.4 is 4.74 Å². The largest absolute Gasteiger partial charge is 0.482 e. The minimum absolute atomic E-state index is 0.0880. The summed E-state index contributed by atoms with van der Waals surface area (Å²) in [4.78, 5) is 27.8. The van der Waals surface area contributed by atoms with Gasteiger partial charge in [-0.05, 0) is 25.0 Å². The zero-order valence-corrected chi connectivity index (χ0v) is 12.9. The Morgan fingerprint density at radius 2 is 1.78 bits per heavy atom. The lowest BCUT2D eigenvalue weighted by atomic mass is 10.2. The zero-order valence-electron chi connectivity index (χ0n) is 12.9. The normalized spacial score (nSPS) is 17.5. The molecule has 2 aliphatic rings. The number of benzene rings is 1. The van der Waals surface area contributed by atoms with Crippen LogP contribution in [0.5, 0.6) is 5.75 Å². The van der Waals surface area contributed by atoms with Crippen LogP contribution >= 0.6 is 0 Å². The SMILES string of the molecule is N#Cc1ccccc1OCC(=O)N1CCN(C(=O)C2CC2)CC1. The molecule has 120 valence electrons. The van der Waals surface area contributed by atoms with E-state index in [1.54, 1.807) is 29.2 Å². The van der Waals surface area contributed by atoms with Gasteiger partial charge in [0.1, 0.15) is 11.8 Å². The first-order valence-corrected chi connectivity index (χ1v) is 7.87. The highest BCUT2D eigenvalue weighted by Gasteiger charge is 2.35. The standard InChI is InChI=1S/C17H19N3O3/c18-11-14-3-1-2-4-15(14)23-12-16(21)19-7-9-20(10-8-19)17(22)13-5-6-13/h1-4,13H,5-10,12H2. The Hall–Kier alpha value is -2.55. The van der Waals surface area contributed by atoms with Crippen LogP contribution in [0.3, 0.4) is 0 Å². The van der Waals surface area contributed by atoms with Gasteiger partial charge in [0.25, 0.3) is 5.91 Å². The third kappa shape index (κ3) is 3.62. The van der Waals surface area contributed by atoms with Crippen molar-refractivity contribution in [1.82, 2.24) is 9.80 Å². The Bertz CT molecular complexity index is 641.